The van der Waals surface area contributed by atoms with Gasteiger partial charge in [-0.05, 0) is 42.4 Å². The number of nitrogens with one attached hydrogen (secondary N) is 1. The van der Waals surface area contributed by atoms with E-state index in [-0.39, 0.29) is 18.5 Å². The van der Waals surface area contributed by atoms with Gasteiger partial charge < -0.3 is 10.2 Å². The van der Waals surface area contributed by atoms with E-state index in [2.05, 4.69) is 12.2 Å². The van der Waals surface area contributed by atoms with Crippen molar-refractivity contribution in [2.45, 2.75) is 37.9 Å². The van der Waals surface area contributed by atoms with Crippen LogP contribution in [0, 0.1) is 5.92 Å². The van der Waals surface area contributed by atoms with Crippen molar-refractivity contribution >= 4 is 17.8 Å². The van der Waals surface area contributed by atoms with Gasteiger partial charge in [-0.25, -0.2) is 4.79 Å². The predicted molar refractivity (Wildman–Crippen MR) is 133 cm³/mol. The van der Waals surface area contributed by atoms with Crippen molar-refractivity contribution in [2.75, 3.05) is 6.54 Å². The largest absolute Gasteiger partial charge is 0.334 e. The maximum absolute atomic E-state index is 13.9. The van der Waals surface area contributed by atoms with Crippen LogP contribution in [0.4, 0.5) is 4.79 Å². The minimum Gasteiger partial charge on any atom is -0.334 e. The molecule has 6 nitrogen and oxygen atoms in total. The standard InChI is InChI=1S/C29H29N3O3/c1-21(23-17-18-23)31(19-22-11-5-2-6-12-22)26(33)20-32-27(34)29(30-28(32)35,24-13-7-3-8-14-24)25-15-9-4-10-16-25/h2-16,21,23H,17-20H2,1H3,(H,30,35). The quantitative estimate of drug-likeness (QED) is 0.502. The van der Waals surface area contributed by atoms with Gasteiger partial charge in [-0.2, -0.15) is 0 Å². The molecule has 1 aliphatic carbocycles. The smallest absolute Gasteiger partial charge is 0.326 e. The van der Waals surface area contributed by atoms with Gasteiger partial charge in [0.15, 0.2) is 5.54 Å². The summed E-state index contributed by atoms with van der Waals surface area (Å²) in [5.41, 5.74) is 0.971. The van der Waals surface area contributed by atoms with E-state index in [4.69, 9.17) is 0 Å². The summed E-state index contributed by atoms with van der Waals surface area (Å²) in [6.45, 7) is 2.21. The lowest BCUT2D eigenvalue weighted by atomic mass is 9.82. The van der Waals surface area contributed by atoms with Crippen LogP contribution in [0.1, 0.15) is 36.5 Å². The van der Waals surface area contributed by atoms with E-state index in [0.29, 0.717) is 23.6 Å². The molecule has 1 heterocycles. The first-order valence-corrected chi connectivity index (χ1v) is 12.1. The first-order valence-electron chi connectivity index (χ1n) is 12.1. The van der Waals surface area contributed by atoms with Gasteiger partial charge in [0, 0.05) is 12.6 Å². The summed E-state index contributed by atoms with van der Waals surface area (Å²) in [5.74, 6) is -0.209. The molecule has 35 heavy (non-hydrogen) atoms. The summed E-state index contributed by atoms with van der Waals surface area (Å²) >= 11 is 0. The van der Waals surface area contributed by atoms with Gasteiger partial charge in [-0.1, -0.05) is 91.0 Å². The molecule has 5 rings (SSSR count). The number of hydrogen-bond donors (Lipinski definition) is 1. The molecule has 0 spiro atoms. The lowest BCUT2D eigenvalue weighted by molar-refractivity contribution is -0.140. The van der Waals surface area contributed by atoms with E-state index >= 15 is 0 Å². The summed E-state index contributed by atoms with van der Waals surface area (Å²) in [6, 6.07) is 27.7. The van der Waals surface area contributed by atoms with Crippen LogP contribution in [0.3, 0.4) is 0 Å². The molecule has 0 bridgehead atoms. The zero-order valence-corrected chi connectivity index (χ0v) is 19.8. The Bertz CT molecular complexity index is 1170. The highest BCUT2D eigenvalue weighted by molar-refractivity contribution is 6.11. The van der Waals surface area contributed by atoms with Gasteiger partial charge in [-0.3, -0.25) is 14.5 Å². The van der Waals surface area contributed by atoms with E-state index in [0.717, 1.165) is 23.3 Å². The van der Waals surface area contributed by atoms with Crippen LogP contribution in [-0.2, 0) is 21.7 Å². The first-order chi connectivity index (χ1) is 17.0. The number of carbonyl (C=O) groups is 3. The number of hydrogen-bond acceptors (Lipinski definition) is 3. The van der Waals surface area contributed by atoms with Gasteiger partial charge in [0.25, 0.3) is 5.91 Å². The molecule has 1 N–H and O–H groups in total. The van der Waals surface area contributed by atoms with Gasteiger partial charge >= 0.3 is 6.03 Å². The number of amides is 4. The normalized spacial score (nSPS) is 17.7. The highest BCUT2D eigenvalue weighted by Gasteiger charge is 2.54. The van der Waals surface area contributed by atoms with Crippen LogP contribution in [-0.4, -0.2) is 40.2 Å². The molecule has 0 radical (unpaired) electrons. The molecule has 2 aliphatic rings. The van der Waals surface area contributed by atoms with Crippen molar-refractivity contribution in [2.24, 2.45) is 5.92 Å². The molecule has 3 aromatic carbocycles. The predicted octanol–water partition coefficient (Wildman–Crippen LogP) is 4.31. The van der Waals surface area contributed by atoms with Gasteiger partial charge in [0.2, 0.25) is 5.91 Å². The maximum Gasteiger partial charge on any atom is 0.326 e. The average Bonchev–Trinajstić information content (AvgIpc) is 3.72. The topological polar surface area (TPSA) is 69.7 Å². The third-order valence-electron chi connectivity index (χ3n) is 7.12. The van der Waals surface area contributed by atoms with Gasteiger partial charge in [-0.15, -0.1) is 0 Å². The highest BCUT2D eigenvalue weighted by atomic mass is 16.2. The van der Waals surface area contributed by atoms with E-state index in [1.807, 2.05) is 95.9 Å². The van der Waals surface area contributed by atoms with Crippen molar-refractivity contribution in [1.29, 1.82) is 0 Å². The van der Waals surface area contributed by atoms with Crippen molar-refractivity contribution < 1.29 is 14.4 Å². The first kappa shape index (κ1) is 22.8. The number of rotatable bonds is 8. The molecule has 1 aliphatic heterocycles. The molecule has 1 saturated heterocycles. The molecule has 1 atom stereocenters. The summed E-state index contributed by atoms with van der Waals surface area (Å²) in [6.07, 6.45) is 2.18. The zero-order chi connectivity index (χ0) is 24.4. The lowest BCUT2D eigenvalue weighted by Crippen LogP contribution is -2.48. The molecule has 1 saturated carbocycles. The number of benzene rings is 3. The fraction of sp³-hybridized carbons (Fsp3) is 0.276. The Balaban J connectivity index is 1.45. The molecular weight excluding hydrogens is 438 g/mol. The Morgan fingerprint density at radius 1 is 0.914 bits per heavy atom. The van der Waals surface area contributed by atoms with Crippen LogP contribution in [0.15, 0.2) is 91.0 Å². The van der Waals surface area contributed by atoms with E-state index in [1.165, 1.54) is 0 Å². The average molecular weight is 468 g/mol. The maximum atomic E-state index is 13.9. The molecule has 0 aromatic heterocycles. The second kappa shape index (κ2) is 9.37. The lowest BCUT2D eigenvalue weighted by Gasteiger charge is -2.31. The highest BCUT2D eigenvalue weighted by Crippen LogP contribution is 2.37. The molecule has 178 valence electrons. The third-order valence-corrected chi connectivity index (χ3v) is 7.12. The summed E-state index contributed by atoms with van der Waals surface area (Å²) < 4.78 is 0. The number of urea groups is 1. The third kappa shape index (κ3) is 4.32. The Morgan fingerprint density at radius 2 is 1.43 bits per heavy atom. The second-order valence-electron chi connectivity index (χ2n) is 9.39. The molecule has 6 heteroatoms. The molecule has 2 fully saturated rings. The SMILES string of the molecule is CC(C1CC1)N(Cc1ccccc1)C(=O)CN1C(=O)NC(c2ccccc2)(c2ccccc2)C1=O. The molecule has 3 aromatic rings. The molecular formula is C29H29N3O3. The van der Waals surface area contributed by atoms with Crippen molar-refractivity contribution in [3.05, 3.63) is 108 Å². The van der Waals surface area contributed by atoms with Crippen LogP contribution >= 0.6 is 0 Å². The van der Waals surface area contributed by atoms with Crippen LogP contribution < -0.4 is 5.32 Å². The summed E-state index contributed by atoms with van der Waals surface area (Å²) in [4.78, 5) is 43.6. The van der Waals surface area contributed by atoms with Crippen molar-refractivity contribution in [1.82, 2.24) is 15.1 Å². The van der Waals surface area contributed by atoms with Gasteiger partial charge in [0.05, 0.1) is 0 Å². The number of carbonyl (C=O) groups excluding carboxylic acids is 3. The van der Waals surface area contributed by atoms with Gasteiger partial charge in [0.1, 0.15) is 6.54 Å². The minimum absolute atomic E-state index is 0.0384. The summed E-state index contributed by atoms with van der Waals surface area (Å²) in [5, 5.41) is 2.92. The van der Waals surface area contributed by atoms with Crippen LogP contribution in [0.2, 0.25) is 0 Å². The van der Waals surface area contributed by atoms with E-state index in [1.54, 1.807) is 0 Å². The van der Waals surface area contributed by atoms with Crippen LogP contribution in [0.25, 0.3) is 0 Å². The van der Waals surface area contributed by atoms with Crippen molar-refractivity contribution in [3.63, 3.8) is 0 Å². The van der Waals surface area contributed by atoms with E-state index in [9.17, 15) is 14.4 Å². The Kier molecular flexibility index (Phi) is 6.12. The van der Waals surface area contributed by atoms with Crippen molar-refractivity contribution in [3.8, 4) is 0 Å². The molecule has 1 unspecified atom stereocenters. The Morgan fingerprint density at radius 3 is 1.94 bits per heavy atom. The zero-order valence-electron chi connectivity index (χ0n) is 19.8. The number of imide groups is 1. The minimum atomic E-state index is -1.37. The fourth-order valence-electron chi connectivity index (χ4n) is 4.95. The second-order valence-corrected chi connectivity index (χ2v) is 9.39. The monoisotopic (exact) mass is 467 g/mol. The van der Waals surface area contributed by atoms with E-state index < -0.39 is 17.5 Å². The molecule has 4 amide bonds. The fourth-order valence-corrected chi connectivity index (χ4v) is 4.95. The van der Waals surface area contributed by atoms with Crippen LogP contribution in [0.5, 0.6) is 0 Å². The number of nitrogens with zero attached hydrogens (tertiary/aromatic N) is 2. The Hall–Kier alpha value is -3.93. The Labute approximate surface area is 205 Å². The summed E-state index contributed by atoms with van der Waals surface area (Å²) in [7, 11) is 0.